The Morgan fingerprint density at radius 1 is 1.28 bits per heavy atom. The van der Waals surface area contributed by atoms with E-state index in [1.165, 1.54) is 18.2 Å². The van der Waals surface area contributed by atoms with Crippen LogP contribution in [0.4, 0.5) is 10.1 Å². The van der Waals surface area contributed by atoms with E-state index in [0.29, 0.717) is 24.6 Å². The van der Waals surface area contributed by atoms with Gasteiger partial charge in [0, 0.05) is 31.8 Å². The molecule has 0 saturated carbocycles. The smallest absolute Gasteiger partial charge is 0.274 e. The van der Waals surface area contributed by atoms with Gasteiger partial charge in [0.1, 0.15) is 11.9 Å². The van der Waals surface area contributed by atoms with Crippen molar-refractivity contribution in [2.75, 3.05) is 20.1 Å². The van der Waals surface area contributed by atoms with E-state index in [0.717, 1.165) is 5.56 Å². The summed E-state index contributed by atoms with van der Waals surface area (Å²) >= 11 is 0. The van der Waals surface area contributed by atoms with Crippen molar-refractivity contribution in [3.05, 3.63) is 75.6 Å². The molecule has 1 saturated heterocycles. The fourth-order valence-corrected chi connectivity index (χ4v) is 3.33. The lowest BCUT2D eigenvalue weighted by Gasteiger charge is -2.38. The summed E-state index contributed by atoms with van der Waals surface area (Å²) in [5.74, 6) is 0.354. The van der Waals surface area contributed by atoms with E-state index in [1.54, 1.807) is 37.4 Å². The summed E-state index contributed by atoms with van der Waals surface area (Å²) in [5, 5.41) is 14.4. The van der Waals surface area contributed by atoms with Crippen LogP contribution in [0.15, 0.2) is 53.5 Å². The maximum absolute atomic E-state index is 13.2. The zero-order valence-corrected chi connectivity index (χ0v) is 18.6. The maximum atomic E-state index is 13.2. The Hall–Kier alpha value is -2.27. The highest BCUT2D eigenvalue weighted by molar-refractivity contribution is 14.0. The third-order valence-electron chi connectivity index (χ3n) is 4.64. The predicted octanol–water partition coefficient (Wildman–Crippen LogP) is 3.89. The largest absolute Gasteiger partial charge is 0.367 e. The third kappa shape index (κ3) is 5.86. The summed E-state index contributed by atoms with van der Waals surface area (Å²) in [6.45, 7) is 3.44. The SMILES string of the molecule is CN=C(NCc1ccccc1[N+](=O)[O-])N1CC(C)OC(c2ccc(F)cc2)C1.I. The van der Waals surface area contributed by atoms with Gasteiger partial charge in [-0.25, -0.2) is 4.39 Å². The first-order chi connectivity index (χ1) is 13.5. The molecule has 0 amide bonds. The zero-order valence-electron chi connectivity index (χ0n) is 16.2. The summed E-state index contributed by atoms with van der Waals surface area (Å²) in [5.41, 5.74) is 1.56. The van der Waals surface area contributed by atoms with Crippen molar-refractivity contribution in [2.45, 2.75) is 25.7 Å². The number of ether oxygens (including phenoxy) is 1. The molecule has 1 aliphatic rings. The lowest BCUT2D eigenvalue weighted by molar-refractivity contribution is -0.385. The van der Waals surface area contributed by atoms with E-state index in [-0.39, 0.29) is 59.2 Å². The lowest BCUT2D eigenvalue weighted by atomic mass is 10.1. The molecule has 7 nitrogen and oxygen atoms in total. The molecule has 156 valence electrons. The number of nitrogens with zero attached hydrogens (tertiary/aromatic N) is 3. The Morgan fingerprint density at radius 2 is 1.97 bits per heavy atom. The molecule has 3 rings (SSSR count). The number of nitro groups is 1. The summed E-state index contributed by atoms with van der Waals surface area (Å²) in [6.07, 6.45) is -0.262. The van der Waals surface area contributed by atoms with Crippen LogP contribution in [0.5, 0.6) is 0 Å². The number of morpholine rings is 1. The van der Waals surface area contributed by atoms with Crippen LogP contribution in [0.3, 0.4) is 0 Å². The van der Waals surface area contributed by atoms with Gasteiger partial charge in [0.25, 0.3) is 5.69 Å². The molecule has 2 atom stereocenters. The topological polar surface area (TPSA) is 80.0 Å². The second kappa shape index (κ2) is 10.5. The monoisotopic (exact) mass is 514 g/mol. The molecule has 0 radical (unpaired) electrons. The Morgan fingerprint density at radius 3 is 2.62 bits per heavy atom. The van der Waals surface area contributed by atoms with E-state index in [2.05, 4.69) is 15.2 Å². The number of nitrogens with one attached hydrogen (secondary N) is 1. The number of benzene rings is 2. The Labute approximate surface area is 186 Å². The number of halogens is 2. The summed E-state index contributed by atoms with van der Waals surface area (Å²) in [7, 11) is 1.68. The Kier molecular flexibility index (Phi) is 8.32. The average molecular weight is 514 g/mol. The quantitative estimate of drug-likeness (QED) is 0.220. The standard InChI is InChI=1S/C20H23FN4O3.HI/c1-14-12-24(13-19(28-14)15-7-9-17(21)10-8-15)20(22-2)23-11-16-5-3-4-6-18(16)25(26)27;/h3-10,14,19H,11-13H2,1-2H3,(H,22,23);1H. The van der Waals surface area contributed by atoms with Crippen LogP contribution in [0, 0.1) is 15.9 Å². The predicted molar refractivity (Wildman–Crippen MR) is 120 cm³/mol. The molecule has 9 heteroatoms. The van der Waals surface area contributed by atoms with Crippen LogP contribution in [0.2, 0.25) is 0 Å². The van der Waals surface area contributed by atoms with Gasteiger partial charge in [-0.3, -0.25) is 15.1 Å². The lowest BCUT2D eigenvalue weighted by Crippen LogP contribution is -2.50. The summed E-state index contributed by atoms with van der Waals surface area (Å²) in [6, 6.07) is 12.9. The second-order valence-electron chi connectivity index (χ2n) is 6.68. The zero-order chi connectivity index (χ0) is 20.1. The molecule has 2 aromatic carbocycles. The van der Waals surface area contributed by atoms with Crippen molar-refractivity contribution in [3.63, 3.8) is 0 Å². The summed E-state index contributed by atoms with van der Waals surface area (Å²) < 4.78 is 19.2. The van der Waals surface area contributed by atoms with Gasteiger partial charge in [-0.1, -0.05) is 30.3 Å². The molecule has 1 fully saturated rings. The molecule has 0 aromatic heterocycles. The highest BCUT2D eigenvalue weighted by Crippen LogP contribution is 2.25. The van der Waals surface area contributed by atoms with Crippen molar-refractivity contribution < 1.29 is 14.1 Å². The molecule has 29 heavy (non-hydrogen) atoms. The third-order valence-corrected chi connectivity index (χ3v) is 4.64. The molecule has 0 aliphatic carbocycles. The molecule has 0 spiro atoms. The van der Waals surface area contributed by atoms with E-state index in [1.807, 2.05) is 6.92 Å². The minimum absolute atomic E-state index is 0. The van der Waals surface area contributed by atoms with Crippen molar-refractivity contribution in [3.8, 4) is 0 Å². The van der Waals surface area contributed by atoms with Crippen molar-refractivity contribution >= 4 is 35.6 Å². The molecule has 0 bridgehead atoms. The molecule has 1 N–H and O–H groups in total. The van der Waals surface area contributed by atoms with Gasteiger partial charge in [0.05, 0.1) is 17.6 Å². The molecular weight excluding hydrogens is 490 g/mol. The second-order valence-corrected chi connectivity index (χ2v) is 6.68. The van der Waals surface area contributed by atoms with Crippen LogP contribution < -0.4 is 5.32 Å². The first kappa shape index (κ1) is 23.0. The highest BCUT2D eigenvalue weighted by atomic mass is 127. The minimum Gasteiger partial charge on any atom is -0.367 e. The van der Waals surface area contributed by atoms with E-state index >= 15 is 0 Å². The Balaban J connectivity index is 0.00000300. The van der Waals surface area contributed by atoms with E-state index in [4.69, 9.17) is 4.74 Å². The molecule has 2 unspecified atom stereocenters. The van der Waals surface area contributed by atoms with Gasteiger partial charge in [-0.05, 0) is 24.6 Å². The molecule has 1 aliphatic heterocycles. The van der Waals surface area contributed by atoms with Crippen LogP contribution in [0.1, 0.15) is 24.2 Å². The maximum Gasteiger partial charge on any atom is 0.274 e. The van der Waals surface area contributed by atoms with Gasteiger partial charge >= 0.3 is 0 Å². The number of hydrogen-bond donors (Lipinski definition) is 1. The van der Waals surface area contributed by atoms with Crippen molar-refractivity contribution in [2.24, 2.45) is 4.99 Å². The fraction of sp³-hybridized carbons (Fsp3) is 0.350. The average Bonchev–Trinajstić information content (AvgIpc) is 2.69. The van der Waals surface area contributed by atoms with Crippen molar-refractivity contribution in [1.29, 1.82) is 0 Å². The van der Waals surface area contributed by atoms with Crippen LogP contribution >= 0.6 is 24.0 Å². The summed E-state index contributed by atoms with van der Waals surface area (Å²) in [4.78, 5) is 17.2. The normalized spacial score (nSPS) is 19.4. The van der Waals surface area contributed by atoms with Gasteiger partial charge in [0.2, 0.25) is 0 Å². The van der Waals surface area contributed by atoms with Gasteiger partial charge in [0.15, 0.2) is 5.96 Å². The van der Waals surface area contributed by atoms with Crippen molar-refractivity contribution in [1.82, 2.24) is 10.2 Å². The van der Waals surface area contributed by atoms with Gasteiger partial charge in [-0.2, -0.15) is 0 Å². The Bertz CT molecular complexity index is 863. The number of nitro benzene ring substituents is 1. The van der Waals surface area contributed by atoms with Crippen LogP contribution in [-0.4, -0.2) is 42.0 Å². The highest BCUT2D eigenvalue weighted by Gasteiger charge is 2.28. The number of rotatable bonds is 4. The fourth-order valence-electron chi connectivity index (χ4n) is 3.33. The van der Waals surface area contributed by atoms with Crippen LogP contribution in [-0.2, 0) is 11.3 Å². The first-order valence-corrected chi connectivity index (χ1v) is 9.06. The minimum atomic E-state index is -0.388. The van der Waals surface area contributed by atoms with Gasteiger partial charge < -0.3 is 15.0 Å². The molecule has 1 heterocycles. The van der Waals surface area contributed by atoms with Crippen LogP contribution in [0.25, 0.3) is 0 Å². The number of aliphatic imine (C=N–C) groups is 1. The molecule has 2 aromatic rings. The molecular formula is C20H24FIN4O3. The number of guanidine groups is 1. The van der Waals surface area contributed by atoms with Gasteiger partial charge in [-0.15, -0.1) is 24.0 Å². The number of hydrogen-bond acceptors (Lipinski definition) is 4. The number of para-hydroxylation sites is 1. The van der Waals surface area contributed by atoms with E-state index < -0.39 is 0 Å². The van der Waals surface area contributed by atoms with E-state index in [9.17, 15) is 14.5 Å². The first-order valence-electron chi connectivity index (χ1n) is 9.06.